The van der Waals surface area contributed by atoms with Gasteiger partial charge in [0.2, 0.25) is 10.0 Å². The van der Waals surface area contributed by atoms with Gasteiger partial charge in [0, 0.05) is 31.7 Å². The van der Waals surface area contributed by atoms with Gasteiger partial charge in [-0.05, 0) is 38.1 Å². The van der Waals surface area contributed by atoms with E-state index in [0.717, 1.165) is 38.8 Å². The van der Waals surface area contributed by atoms with Crippen LogP contribution in [0.5, 0.6) is 0 Å². The third kappa shape index (κ3) is 4.65. The van der Waals surface area contributed by atoms with E-state index in [1.54, 1.807) is 4.31 Å². The molecular formula is C15H33N3O2S. The van der Waals surface area contributed by atoms with Crippen molar-refractivity contribution < 1.29 is 8.42 Å². The minimum Gasteiger partial charge on any atom is -0.329 e. The Morgan fingerprint density at radius 1 is 1.29 bits per heavy atom. The summed E-state index contributed by atoms with van der Waals surface area (Å²) in [5, 5.41) is 0. The lowest BCUT2D eigenvalue weighted by Gasteiger charge is -2.45. The smallest absolute Gasteiger partial charge is 0.211 e. The Labute approximate surface area is 130 Å². The molecule has 0 bridgehead atoms. The number of hydrogen-bond acceptors (Lipinski definition) is 4. The molecule has 0 aliphatic carbocycles. The second-order valence-corrected chi connectivity index (χ2v) is 8.29. The lowest BCUT2D eigenvalue weighted by Crippen LogP contribution is -2.55. The number of likely N-dealkylation sites (N-methyl/N-ethyl adjacent to an activating group) is 1. The maximum absolute atomic E-state index is 11.7. The fraction of sp³-hybridized carbons (Fsp3) is 1.00. The lowest BCUT2D eigenvalue weighted by atomic mass is 9.88. The van der Waals surface area contributed by atoms with Crippen LogP contribution < -0.4 is 5.73 Å². The van der Waals surface area contributed by atoms with E-state index in [0.29, 0.717) is 25.6 Å². The molecular weight excluding hydrogens is 286 g/mol. The zero-order valence-corrected chi connectivity index (χ0v) is 15.0. The number of hydrogen-bond donors (Lipinski definition) is 1. The van der Waals surface area contributed by atoms with Gasteiger partial charge < -0.3 is 5.73 Å². The molecule has 1 unspecified atom stereocenters. The van der Waals surface area contributed by atoms with Crippen LogP contribution in [0.25, 0.3) is 0 Å². The predicted octanol–water partition coefficient (Wildman–Crippen LogP) is 1.50. The monoisotopic (exact) mass is 319 g/mol. The molecule has 1 aliphatic rings. The van der Waals surface area contributed by atoms with Crippen molar-refractivity contribution in [2.24, 2.45) is 11.7 Å². The normalized spacial score (nSPS) is 21.9. The molecule has 5 nitrogen and oxygen atoms in total. The van der Waals surface area contributed by atoms with Crippen LogP contribution in [0.3, 0.4) is 0 Å². The van der Waals surface area contributed by atoms with Crippen LogP contribution in [0.1, 0.15) is 46.5 Å². The minimum atomic E-state index is -3.06. The summed E-state index contributed by atoms with van der Waals surface area (Å²) >= 11 is 0. The summed E-state index contributed by atoms with van der Waals surface area (Å²) in [6.07, 6.45) is 5.46. The number of piperidine rings is 1. The first-order valence-corrected chi connectivity index (χ1v) is 10.1. The predicted molar refractivity (Wildman–Crippen MR) is 88.8 cm³/mol. The maximum atomic E-state index is 11.7. The average molecular weight is 320 g/mol. The number of rotatable bonds is 8. The highest BCUT2D eigenvalue weighted by Crippen LogP contribution is 2.27. The summed E-state index contributed by atoms with van der Waals surface area (Å²) < 4.78 is 25.1. The largest absolute Gasteiger partial charge is 0.329 e. The van der Waals surface area contributed by atoms with Crippen LogP contribution in [0.15, 0.2) is 0 Å². The lowest BCUT2D eigenvalue weighted by molar-refractivity contribution is 0.0615. The van der Waals surface area contributed by atoms with E-state index in [4.69, 9.17) is 5.73 Å². The summed E-state index contributed by atoms with van der Waals surface area (Å²) in [6, 6.07) is 0. The fourth-order valence-corrected chi connectivity index (χ4v) is 4.50. The Hall–Kier alpha value is -0.170. The number of nitrogens with two attached hydrogens (primary N) is 1. The minimum absolute atomic E-state index is 0.0577. The van der Waals surface area contributed by atoms with Gasteiger partial charge in [0.15, 0.2) is 0 Å². The molecule has 0 aromatic rings. The van der Waals surface area contributed by atoms with Crippen LogP contribution >= 0.6 is 0 Å². The van der Waals surface area contributed by atoms with Crippen molar-refractivity contribution in [3.05, 3.63) is 0 Å². The van der Waals surface area contributed by atoms with Crippen molar-refractivity contribution in [3.8, 4) is 0 Å². The highest BCUT2D eigenvalue weighted by molar-refractivity contribution is 7.88. The van der Waals surface area contributed by atoms with Gasteiger partial charge in [-0.25, -0.2) is 12.7 Å². The first-order chi connectivity index (χ1) is 9.82. The first kappa shape index (κ1) is 18.9. The Bertz CT molecular complexity index is 399. The summed E-state index contributed by atoms with van der Waals surface area (Å²) in [7, 11) is -3.06. The second kappa shape index (κ2) is 7.90. The Morgan fingerprint density at radius 2 is 1.90 bits per heavy atom. The zero-order chi connectivity index (χ0) is 16.1. The highest BCUT2D eigenvalue weighted by Gasteiger charge is 2.34. The van der Waals surface area contributed by atoms with E-state index < -0.39 is 10.0 Å². The van der Waals surface area contributed by atoms with Crippen molar-refractivity contribution in [3.63, 3.8) is 0 Å². The molecule has 2 N–H and O–H groups in total. The third-order valence-corrected chi connectivity index (χ3v) is 6.45. The Balaban J connectivity index is 2.77. The summed E-state index contributed by atoms with van der Waals surface area (Å²) in [4.78, 5) is 2.48. The van der Waals surface area contributed by atoms with E-state index in [1.165, 1.54) is 6.26 Å². The summed E-state index contributed by atoms with van der Waals surface area (Å²) in [5.74, 6) is 0.414. The van der Waals surface area contributed by atoms with Crippen LogP contribution in [-0.2, 0) is 10.0 Å². The highest BCUT2D eigenvalue weighted by atomic mass is 32.2. The molecule has 0 radical (unpaired) electrons. The van der Waals surface area contributed by atoms with E-state index >= 15 is 0 Å². The summed E-state index contributed by atoms with van der Waals surface area (Å²) in [6.45, 7) is 10.5. The molecule has 126 valence electrons. The van der Waals surface area contributed by atoms with Crippen molar-refractivity contribution >= 4 is 10.0 Å². The first-order valence-electron chi connectivity index (χ1n) is 8.23. The van der Waals surface area contributed by atoms with Crippen molar-refractivity contribution in [1.82, 2.24) is 9.21 Å². The van der Waals surface area contributed by atoms with Gasteiger partial charge in [-0.3, -0.25) is 4.90 Å². The van der Waals surface area contributed by atoms with Crippen LogP contribution in [0.4, 0.5) is 0 Å². The van der Waals surface area contributed by atoms with Gasteiger partial charge in [-0.15, -0.1) is 0 Å². The van der Waals surface area contributed by atoms with E-state index in [-0.39, 0.29) is 5.54 Å². The Kier molecular flexibility index (Phi) is 7.10. The molecule has 21 heavy (non-hydrogen) atoms. The molecule has 0 aromatic heterocycles. The molecule has 0 amide bonds. The molecule has 1 saturated heterocycles. The number of nitrogens with zero attached hydrogens (tertiary/aromatic N) is 2. The van der Waals surface area contributed by atoms with E-state index in [1.807, 2.05) is 0 Å². The number of sulfonamides is 1. The summed E-state index contributed by atoms with van der Waals surface area (Å²) in [5.41, 5.74) is 6.12. The molecule has 6 heteroatoms. The van der Waals surface area contributed by atoms with Gasteiger partial charge in [-0.2, -0.15) is 0 Å². The molecule has 0 spiro atoms. The van der Waals surface area contributed by atoms with Crippen LogP contribution in [-0.4, -0.2) is 62.1 Å². The molecule has 1 heterocycles. The van der Waals surface area contributed by atoms with E-state index in [2.05, 4.69) is 25.7 Å². The SMILES string of the molecule is CCN(CC1CCCN(S(C)(=O)=O)C1)C(CC)(CC)CN. The topological polar surface area (TPSA) is 66.6 Å². The molecule has 0 aromatic carbocycles. The maximum Gasteiger partial charge on any atom is 0.211 e. The standard InChI is InChI=1S/C15H33N3O2S/c1-5-15(6-2,13-16)17(7-3)11-14-9-8-10-18(12-14)21(4,19)20/h14H,5-13,16H2,1-4H3. The van der Waals surface area contributed by atoms with Crippen molar-refractivity contribution in [2.45, 2.75) is 52.0 Å². The van der Waals surface area contributed by atoms with Crippen molar-refractivity contribution in [1.29, 1.82) is 0 Å². The molecule has 1 aliphatic heterocycles. The van der Waals surface area contributed by atoms with Gasteiger partial charge in [-0.1, -0.05) is 20.8 Å². The fourth-order valence-electron chi connectivity index (χ4n) is 3.56. The van der Waals surface area contributed by atoms with Gasteiger partial charge in [0.05, 0.1) is 6.26 Å². The van der Waals surface area contributed by atoms with Crippen LogP contribution in [0, 0.1) is 5.92 Å². The molecule has 0 saturated carbocycles. The quantitative estimate of drug-likeness (QED) is 0.736. The zero-order valence-electron chi connectivity index (χ0n) is 14.1. The van der Waals surface area contributed by atoms with Crippen LogP contribution in [0.2, 0.25) is 0 Å². The van der Waals surface area contributed by atoms with Gasteiger partial charge in [0.1, 0.15) is 0 Å². The average Bonchev–Trinajstić information content (AvgIpc) is 2.47. The molecule has 1 atom stereocenters. The van der Waals surface area contributed by atoms with Gasteiger partial charge in [0.25, 0.3) is 0 Å². The second-order valence-electron chi connectivity index (χ2n) is 6.30. The third-order valence-electron chi connectivity index (χ3n) is 5.18. The van der Waals surface area contributed by atoms with E-state index in [9.17, 15) is 8.42 Å². The Morgan fingerprint density at radius 3 is 2.33 bits per heavy atom. The van der Waals surface area contributed by atoms with Crippen molar-refractivity contribution in [2.75, 3.05) is 39.0 Å². The van der Waals surface area contributed by atoms with Gasteiger partial charge >= 0.3 is 0 Å². The molecule has 1 fully saturated rings. The molecule has 1 rings (SSSR count).